The lowest BCUT2D eigenvalue weighted by atomic mass is 10.1. The van der Waals surface area contributed by atoms with Gasteiger partial charge in [-0.2, -0.15) is 4.31 Å². The lowest BCUT2D eigenvalue weighted by Gasteiger charge is -2.24. The zero-order chi connectivity index (χ0) is 19.7. The van der Waals surface area contributed by atoms with Crippen LogP contribution in [-0.2, 0) is 21.2 Å². The highest BCUT2D eigenvalue weighted by molar-refractivity contribution is 7.89. The molecular formula is C21H25N3O3S. The lowest BCUT2D eigenvalue weighted by molar-refractivity contribution is -0.115. The third-order valence-corrected chi connectivity index (χ3v) is 7.42. The van der Waals surface area contributed by atoms with Crippen molar-refractivity contribution in [1.82, 2.24) is 4.31 Å². The van der Waals surface area contributed by atoms with Crippen LogP contribution in [0.15, 0.2) is 53.4 Å². The second kappa shape index (κ2) is 7.56. The molecule has 0 saturated carbocycles. The van der Waals surface area contributed by atoms with Crippen LogP contribution in [0.5, 0.6) is 0 Å². The Morgan fingerprint density at radius 1 is 1.07 bits per heavy atom. The van der Waals surface area contributed by atoms with Crippen molar-refractivity contribution in [1.29, 1.82) is 0 Å². The van der Waals surface area contributed by atoms with Gasteiger partial charge in [0.2, 0.25) is 15.9 Å². The van der Waals surface area contributed by atoms with E-state index in [4.69, 9.17) is 0 Å². The summed E-state index contributed by atoms with van der Waals surface area (Å²) >= 11 is 0. The molecule has 1 amide bonds. The molecular weight excluding hydrogens is 374 g/mol. The van der Waals surface area contributed by atoms with Gasteiger partial charge in [0.25, 0.3) is 0 Å². The third kappa shape index (κ3) is 3.64. The fraction of sp³-hybridized carbons (Fsp3) is 0.381. The molecule has 4 rings (SSSR count). The Morgan fingerprint density at radius 2 is 1.75 bits per heavy atom. The maximum atomic E-state index is 12.6. The number of anilines is 2. The van der Waals surface area contributed by atoms with Gasteiger partial charge in [-0.1, -0.05) is 18.2 Å². The summed E-state index contributed by atoms with van der Waals surface area (Å²) in [4.78, 5) is 14.9. The summed E-state index contributed by atoms with van der Waals surface area (Å²) in [6.07, 6.45) is 2.75. The van der Waals surface area contributed by atoms with Gasteiger partial charge in [-0.15, -0.1) is 0 Å². The van der Waals surface area contributed by atoms with Crippen LogP contribution < -0.4 is 10.2 Å². The Morgan fingerprint density at radius 3 is 2.46 bits per heavy atom. The molecule has 2 aromatic rings. The summed E-state index contributed by atoms with van der Waals surface area (Å²) in [5.74, 6) is -0.112. The first-order valence-corrected chi connectivity index (χ1v) is 11.1. The van der Waals surface area contributed by atoms with E-state index in [1.807, 2.05) is 18.2 Å². The molecule has 148 valence electrons. The van der Waals surface area contributed by atoms with Gasteiger partial charge >= 0.3 is 0 Å². The number of benzene rings is 2. The van der Waals surface area contributed by atoms with Crippen LogP contribution in [0.4, 0.5) is 11.4 Å². The van der Waals surface area contributed by atoms with Gasteiger partial charge in [-0.3, -0.25) is 4.79 Å². The number of sulfonamides is 1. The zero-order valence-electron chi connectivity index (χ0n) is 16.0. The minimum absolute atomic E-state index is 0.112. The number of nitrogens with zero attached hydrogens (tertiary/aromatic N) is 2. The van der Waals surface area contributed by atoms with Crippen LogP contribution in [0.3, 0.4) is 0 Å². The highest BCUT2D eigenvalue weighted by Crippen LogP contribution is 2.31. The standard InChI is InChI=1S/C21H25N3O3S/c1-16-14-17-6-2-3-7-20(17)24(16)15-21(25)22-18-8-10-19(11-9-18)28(26,27)23-12-4-5-13-23/h2-3,6-11,16H,4-5,12-15H2,1H3,(H,22,25)/t16-/m0/s1. The van der Waals surface area contributed by atoms with Gasteiger partial charge in [0.1, 0.15) is 0 Å². The molecule has 0 bridgehead atoms. The van der Waals surface area contributed by atoms with Gasteiger partial charge in [0.15, 0.2) is 0 Å². The van der Waals surface area contributed by atoms with E-state index in [1.165, 1.54) is 9.87 Å². The average Bonchev–Trinajstić information content (AvgIpc) is 3.32. The van der Waals surface area contributed by atoms with E-state index >= 15 is 0 Å². The maximum absolute atomic E-state index is 12.6. The van der Waals surface area contributed by atoms with Crippen molar-refractivity contribution in [3.63, 3.8) is 0 Å². The van der Waals surface area contributed by atoms with E-state index in [9.17, 15) is 13.2 Å². The molecule has 7 heteroatoms. The van der Waals surface area contributed by atoms with Crippen LogP contribution in [0.25, 0.3) is 0 Å². The van der Waals surface area contributed by atoms with Gasteiger partial charge in [-0.25, -0.2) is 8.42 Å². The minimum Gasteiger partial charge on any atom is -0.359 e. The van der Waals surface area contributed by atoms with Crippen molar-refractivity contribution in [2.75, 3.05) is 29.9 Å². The van der Waals surface area contributed by atoms with Crippen molar-refractivity contribution < 1.29 is 13.2 Å². The van der Waals surface area contributed by atoms with E-state index in [1.54, 1.807) is 24.3 Å². The van der Waals surface area contributed by atoms with Gasteiger partial charge in [-0.05, 0) is 62.1 Å². The molecule has 2 aliphatic heterocycles. The van der Waals surface area contributed by atoms with E-state index < -0.39 is 10.0 Å². The fourth-order valence-electron chi connectivity index (χ4n) is 4.01. The number of carbonyl (C=O) groups is 1. The topological polar surface area (TPSA) is 69.7 Å². The smallest absolute Gasteiger partial charge is 0.243 e. The Kier molecular flexibility index (Phi) is 5.12. The first-order chi connectivity index (χ1) is 13.4. The summed E-state index contributed by atoms with van der Waals surface area (Å²) < 4.78 is 26.7. The largest absolute Gasteiger partial charge is 0.359 e. The van der Waals surface area contributed by atoms with Gasteiger partial charge in [0, 0.05) is 30.5 Å². The number of rotatable bonds is 5. The number of carbonyl (C=O) groups excluding carboxylic acids is 1. The first-order valence-electron chi connectivity index (χ1n) is 9.70. The molecule has 0 aliphatic carbocycles. The first kappa shape index (κ1) is 19.0. The predicted octanol–water partition coefficient (Wildman–Crippen LogP) is 2.86. The normalized spacial score (nSPS) is 19.6. The SMILES string of the molecule is C[C@H]1Cc2ccccc2N1CC(=O)Nc1ccc(S(=O)(=O)N2CCCC2)cc1. The van der Waals surface area contributed by atoms with E-state index in [0.29, 0.717) is 18.8 Å². The van der Waals surface area contributed by atoms with Crippen molar-refractivity contribution in [2.24, 2.45) is 0 Å². The minimum atomic E-state index is -3.43. The number of amides is 1. The van der Waals surface area contributed by atoms with E-state index in [2.05, 4.69) is 23.2 Å². The monoisotopic (exact) mass is 399 g/mol. The van der Waals surface area contributed by atoms with Crippen LogP contribution in [0.2, 0.25) is 0 Å². The molecule has 0 spiro atoms. The molecule has 0 unspecified atom stereocenters. The van der Waals surface area contributed by atoms with Crippen LogP contribution >= 0.6 is 0 Å². The number of fused-ring (bicyclic) bond motifs is 1. The number of hydrogen-bond acceptors (Lipinski definition) is 4. The van der Waals surface area contributed by atoms with Gasteiger partial charge in [0.05, 0.1) is 11.4 Å². The van der Waals surface area contributed by atoms with Crippen LogP contribution in [-0.4, -0.2) is 44.3 Å². The highest BCUT2D eigenvalue weighted by atomic mass is 32.2. The lowest BCUT2D eigenvalue weighted by Crippen LogP contribution is -2.37. The molecule has 1 saturated heterocycles. The second-order valence-corrected chi connectivity index (χ2v) is 9.43. The summed E-state index contributed by atoms with van der Waals surface area (Å²) in [5.41, 5.74) is 2.97. The van der Waals surface area contributed by atoms with E-state index in [-0.39, 0.29) is 23.4 Å². The summed E-state index contributed by atoms with van der Waals surface area (Å²) in [6, 6.07) is 14.9. The third-order valence-electron chi connectivity index (χ3n) is 5.50. The van der Waals surface area contributed by atoms with Crippen molar-refractivity contribution in [3.8, 4) is 0 Å². The molecule has 2 aliphatic rings. The quantitative estimate of drug-likeness (QED) is 0.839. The molecule has 1 atom stereocenters. The van der Waals surface area contributed by atoms with Gasteiger partial charge < -0.3 is 10.2 Å². The second-order valence-electron chi connectivity index (χ2n) is 7.49. The Labute approximate surface area is 166 Å². The van der Waals surface area contributed by atoms with Crippen molar-refractivity contribution in [2.45, 2.75) is 37.1 Å². The number of nitrogens with one attached hydrogen (secondary N) is 1. The molecule has 0 aromatic heterocycles. The molecule has 2 heterocycles. The van der Waals surface area contributed by atoms with Crippen LogP contribution in [0, 0.1) is 0 Å². The molecule has 28 heavy (non-hydrogen) atoms. The Bertz CT molecular complexity index is 967. The Hall–Kier alpha value is -2.38. The van der Waals surface area contributed by atoms with E-state index in [0.717, 1.165) is 24.9 Å². The molecule has 2 aromatic carbocycles. The average molecular weight is 400 g/mol. The molecule has 6 nitrogen and oxygen atoms in total. The zero-order valence-corrected chi connectivity index (χ0v) is 16.8. The molecule has 1 N–H and O–H groups in total. The maximum Gasteiger partial charge on any atom is 0.243 e. The summed E-state index contributed by atoms with van der Waals surface area (Å²) in [5, 5.41) is 2.88. The van der Waals surface area contributed by atoms with Crippen molar-refractivity contribution >= 4 is 27.3 Å². The number of hydrogen-bond donors (Lipinski definition) is 1. The molecule has 1 fully saturated rings. The fourth-order valence-corrected chi connectivity index (χ4v) is 5.53. The number of para-hydroxylation sites is 1. The van der Waals surface area contributed by atoms with Crippen molar-refractivity contribution in [3.05, 3.63) is 54.1 Å². The summed E-state index contributed by atoms with van der Waals surface area (Å²) in [6.45, 7) is 3.55. The highest BCUT2D eigenvalue weighted by Gasteiger charge is 2.28. The van der Waals surface area contributed by atoms with Crippen LogP contribution in [0.1, 0.15) is 25.3 Å². The summed E-state index contributed by atoms with van der Waals surface area (Å²) in [7, 11) is -3.43. The predicted molar refractivity (Wildman–Crippen MR) is 110 cm³/mol. The molecule has 0 radical (unpaired) electrons. The Balaban J connectivity index is 1.41.